The van der Waals surface area contributed by atoms with Gasteiger partial charge in [0.05, 0.1) is 22.3 Å². The second-order valence-electron chi connectivity index (χ2n) is 4.09. The van der Waals surface area contributed by atoms with Gasteiger partial charge in [0.15, 0.2) is 0 Å². The van der Waals surface area contributed by atoms with Crippen LogP contribution in [-0.2, 0) is 11.3 Å². The zero-order valence-electron chi connectivity index (χ0n) is 9.41. The zero-order chi connectivity index (χ0) is 12.2. The average Bonchev–Trinajstić information content (AvgIpc) is 2.58. The minimum Gasteiger partial charge on any atom is -0.326 e. The van der Waals surface area contributed by atoms with Crippen LogP contribution >= 0.6 is 35.6 Å². The number of hydrogen-bond donors (Lipinski definition) is 1. The Bertz CT molecular complexity index is 559. The first-order valence-electron chi connectivity index (χ1n) is 5.21. The van der Waals surface area contributed by atoms with Gasteiger partial charge in [-0.05, 0) is 19.1 Å². The maximum atomic E-state index is 11.6. The largest absolute Gasteiger partial charge is 0.326 e. The molecule has 1 aromatic carbocycles. The summed E-state index contributed by atoms with van der Waals surface area (Å²) in [6.07, 6.45) is 0. The molecule has 3 rings (SSSR count). The molecule has 2 aliphatic rings. The number of nitrogens with one attached hydrogen (secondary N) is 1. The predicted molar refractivity (Wildman–Crippen MR) is 74.0 cm³/mol. The molecule has 18 heavy (non-hydrogen) atoms. The number of rotatable bonds is 0. The number of aliphatic imine (C=N–C) groups is 1. The number of hydrogen-bond acceptors (Lipinski definition) is 3. The summed E-state index contributed by atoms with van der Waals surface area (Å²) in [5.74, 6) is 0.548. The molecule has 1 aromatic rings. The van der Waals surface area contributed by atoms with Gasteiger partial charge in [0.2, 0.25) is 11.9 Å². The summed E-state index contributed by atoms with van der Waals surface area (Å²) >= 11 is 12.1. The first kappa shape index (κ1) is 13.5. The summed E-state index contributed by atoms with van der Waals surface area (Å²) in [4.78, 5) is 17.8. The maximum Gasteiger partial charge on any atom is 0.249 e. The molecular weight excluding hydrogens is 296 g/mol. The molecule has 1 amide bonds. The van der Waals surface area contributed by atoms with Crippen LogP contribution in [0.5, 0.6) is 0 Å². The van der Waals surface area contributed by atoms with Crippen LogP contribution in [0.1, 0.15) is 12.5 Å². The topological polar surface area (TPSA) is 44.7 Å². The van der Waals surface area contributed by atoms with Gasteiger partial charge in [-0.25, -0.2) is 4.99 Å². The van der Waals surface area contributed by atoms with Crippen LogP contribution in [0.15, 0.2) is 17.1 Å². The van der Waals surface area contributed by atoms with Crippen LogP contribution in [-0.4, -0.2) is 22.8 Å². The van der Waals surface area contributed by atoms with Crippen LogP contribution in [0.3, 0.4) is 0 Å². The van der Waals surface area contributed by atoms with Gasteiger partial charge in [0.1, 0.15) is 6.04 Å². The van der Waals surface area contributed by atoms with E-state index in [1.165, 1.54) is 0 Å². The molecule has 1 atom stereocenters. The van der Waals surface area contributed by atoms with Crippen molar-refractivity contribution in [2.75, 3.05) is 0 Å². The third kappa shape index (κ3) is 1.85. The summed E-state index contributed by atoms with van der Waals surface area (Å²) < 4.78 is 0. The Kier molecular flexibility index (Phi) is 3.45. The lowest BCUT2D eigenvalue weighted by molar-refractivity contribution is -0.121. The monoisotopic (exact) mass is 305 g/mol. The van der Waals surface area contributed by atoms with Gasteiger partial charge < -0.3 is 4.90 Å². The van der Waals surface area contributed by atoms with Crippen molar-refractivity contribution in [3.05, 3.63) is 27.7 Å². The molecule has 0 bridgehead atoms. The van der Waals surface area contributed by atoms with Crippen molar-refractivity contribution < 1.29 is 4.79 Å². The van der Waals surface area contributed by atoms with Gasteiger partial charge in [-0.3, -0.25) is 10.1 Å². The molecule has 0 aromatic heterocycles. The summed E-state index contributed by atoms with van der Waals surface area (Å²) in [5, 5.41) is 3.76. The fraction of sp³-hybridized carbons (Fsp3) is 0.273. The van der Waals surface area contributed by atoms with Gasteiger partial charge in [-0.15, -0.1) is 12.4 Å². The molecular formula is C11H10Cl3N3O. The van der Waals surface area contributed by atoms with E-state index in [-0.39, 0.29) is 24.4 Å². The van der Waals surface area contributed by atoms with Crippen molar-refractivity contribution in [2.24, 2.45) is 4.99 Å². The fourth-order valence-corrected chi connectivity index (χ4v) is 2.43. The zero-order valence-corrected chi connectivity index (χ0v) is 11.7. The minimum absolute atomic E-state index is 0. The molecule has 0 radical (unpaired) electrons. The molecule has 1 fully saturated rings. The predicted octanol–water partition coefficient (Wildman–Crippen LogP) is 2.74. The number of carbonyl (C=O) groups excluding carboxylic acids is 1. The third-order valence-electron chi connectivity index (χ3n) is 3.08. The molecule has 0 unspecified atom stereocenters. The van der Waals surface area contributed by atoms with Crippen molar-refractivity contribution >= 4 is 53.2 Å². The minimum atomic E-state index is -0.225. The van der Waals surface area contributed by atoms with E-state index >= 15 is 0 Å². The summed E-state index contributed by atoms with van der Waals surface area (Å²) in [6.45, 7) is 2.38. The van der Waals surface area contributed by atoms with E-state index in [9.17, 15) is 4.79 Å². The average molecular weight is 307 g/mol. The van der Waals surface area contributed by atoms with Crippen molar-refractivity contribution in [1.29, 1.82) is 0 Å². The second-order valence-corrected chi connectivity index (χ2v) is 4.87. The third-order valence-corrected chi connectivity index (χ3v) is 3.92. The summed E-state index contributed by atoms with van der Waals surface area (Å²) in [5.41, 5.74) is 1.63. The van der Waals surface area contributed by atoms with Crippen molar-refractivity contribution in [1.82, 2.24) is 10.2 Å². The molecule has 1 saturated heterocycles. The smallest absolute Gasteiger partial charge is 0.249 e. The molecule has 0 saturated carbocycles. The highest BCUT2D eigenvalue weighted by Crippen LogP contribution is 2.37. The van der Waals surface area contributed by atoms with Crippen molar-refractivity contribution in [3.8, 4) is 0 Å². The Morgan fingerprint density at radius 2 is 2.17 bits per heavy atom. The van der Waals surface area contributed by atoms with Gasteiger partial charge >= 0.3 is 0 Å². The lowest BCUT2D eigenvalue weighted by atomic mass is 10.1. The number of carbonyl (C=O) groups is 1. The van der Waals surface area contributed by atoms with Gasteiger partial charge in [-0.1, -0.05) is 23.2 Å². The molecule has 7 heteroatoms. The van der Waals surface area contributed by atoms with E-state index in [0.717, 1.165) is 11.3 Å². The highest BCUT2D eigenvalue weighted by Gasteiger charge is 2.36. The number of amides is 1. The van der Waals surface area contributed by atoms with Crippen LogP contribution < -0.4 is 5.32 Å². The normalized spacial score (nSPS) is 20.6. The number of nitrogens with zero attached hydrogens (tertiary/aromatic N) is 2. The Morgan fingerprint density at radius 1 is 1.44 bits per heavy atom. The molecule has 1 N–H and O–H groups in total. The summed E-state index contributed by atoms with van der Waals surface area (Å²) in [6, 6.07) is 3.29. The van der Waals surface area contributed by atoms with Crippen LogP contribution in [0.4, 0.5) is 5.69 Å². The van der Waals surface area contributed by atoms with E-state index in [0.29, 0.717) is 22.5 Å². The molecule has 2 heterocycles. The van der Waals surface area contributed by atoms with E-state index in [4.69, 9.17) is 23.2 Å². The molecule has 0 aliphatic carbocycles. The van der Waals surface area contributed by atoms with Gasteiger partial charge in [0, 0.05) is 5.56 Å². The van der Waals surface area contributed by atoms with Crippen LogP contribution in [0, 0.1) is 0 Å². The van der Waals surface area contributed by atoms with Crippen molar-refractivity contribution in [3.63, 3.8) is 0 Å². The first-order valence-corrected chi connectivity index (χ1v) is 5.96. The molecule has 0 spiro atoms. The molecule has 4 nitrogen and oxygen atoms in total. The second kappa shape index (κ2) is 4.61. The maximum absolute atomic E-state index is 11.6. The van der Waals surface area contributed by atoms with E-state index in [1.54, 1.807) is 6.07 Å². The van der Waals surface area contributed by atoms with E-state index in [1.807, 2.05) is 17.9 Å². The summed E-state index contributed by atoms with van der Waals surface area (Å²) in [7, 11) is 0. The van der Waals surface area contributed by atoms with Crippen molar-refractivity contribution in [2.45, 2.75) is 19.5 Å². The Morgan fingerprint density at radius 3 is 2.89 bits per heavy atom. The SMILES string of the molecule is C[C@H]1C(=O)NC2=Nc3ccc(Cl)c(Cl)c3CN21.Cl. The van der Waals surface area contributed by atoms with E-state index in [2.05, 4.69) is 10.3 Å². The van der Waals surface area contributed by atoms with Gasteiger partial charge in [-0.2, -0.15) is 0 Å². The molecule has 2 aliphatic heterocycles. The van der Waals surface area contributed by atoms with Gasteiger partial charge in [0.25, 0.3) is 0 Å². The Labute approximate surface area is 120 Å². The Balaban J connectivity index is 0.00000120. The number of fused-ring (bicyclic) bond motifs is 2. The standard InChI is InChI=1S/C11H9Cl2N3O.ClH/c1-5-10(17)15-11-14-8-3-2-7(12)9(13)6(8)4-16(5)11;/h2-3,5H,4H2,1H3,(H,14,15,17);1H/t5-;/m0./s1. The molecule has 96 valence electrons. The van der Waals surface area contributed by atoms with E-state index < -0.39 is 0 Å². The number of halogens is 3. The first-order chi connectivity index (χ1) is 8.08. The lowest BCUT2D eigenvalue weighted by Crippen LogP contribution is -2.35. The lowest BCUT2D eigenvalue weighted by Gasteiger charge is -2.26. The quantitative estimate of drug-likeness (QED) is 0.801. The fourth-order valence-electron chi connectivity index (χ4n) is 2.04. The number of benzene rings is 1. The van der Waals surface area contributed by atoms with Crippen LogP contribution in [0.25, 0.3) is 0 Å². The number of guanidine groups is 1. The Hall–Kier alpha value is -0.970. The highest BCUT2D eigenvalue weighted by molar-refractivity contribution is 6.42. The van der Waals surface area contributed by atoms with Crippen LogP contribution in [0.2, 0.25) is 10.0 Å². The highest BCUT2D eigenvalue weighted by atomic mass is 35.5.